The predicted octanol–water partition coefficient (Wildman–Crippen LogP) is 2.37. The molecule has 0 bridgehead atoms. The van der Waals surface area contributed by atoms with Crippen molar-refractivity contribution in [3.8, 4) is 0 Å². The van der Waals surface area contributed by atoms with E-state index < -0.39 is 10.0 Å². The third kappa shape index (κ3) is 4.62. The fourth-order valence-corrected chi connectivity index (χ4v) is 5.21. The molecule has 2 aliphatic rings. The van der Waals surface area contributed by atoms with Crippen LogP contribution in [0.25, 0.3) is 0 Å². The van der Waals surface area contributed by atoms with E-state index in [1.807, 2.05) is 13.8 Å². The van der Waals surface area contributed by atoms with E-state index in [4.69, 9.17) is 23.2 Å². The third-order valence-corrected chi connectivity index (χ3v) is 7.11. The van der Waals surface area contributed by atoms with Gasteiger partial charge in [0.25, 0.3) is 5.91 Å². The first-order chi connectivity index (χ1) is 13.1. The van der Waals surface area contributed by atoms with Crippen LogP contribution in [-0.4, -0.2) is 62.3 Å². The molecular formula is C18H23Cl2N3O4S. The molecule has 10 heteroatoms. The highest BCUT2D eigenvalue weighted by Gasteiger charge is 2.32. The van der Waals surface area contributed by atoms with Gasteiger partial charge in [-0.05, 0) is 25.0 Å². The van der Waals surface area contributed by atoms with Gasteiger partial charge in [-0.1, -0.05) is 37.0 Å². The number of nitrogens with one attached hydrogen (secondary N) is 1. The first-order valence-corrected chi connectivity index (χ1v) is 11.4. The number of piperazine rings is 1. The predicted molar refractivity (Wildman–Crippen MR) is 107 cm³/mol. The number of halogens is 2. The summed E-state index contributed by atoms with van der Waals surface area (Å²) in [5, 5.41) is 0.0723. The first-order valence-electron chi connectivity index (χ1n) is 9.19. The Morgan fingerprint density at radius 1 is 1.04 bits per heavy atom. The molecule has 1 heterocycles. The summed E-state index contributed by atoms with van der Waals surface area (Å²) in [6.45, 7) is 5.26. The van der Waals surface area contributed by atoms with Crippen LogP contribution in [0.2, 0.25) is 10.0 Å². The molecule has 1 aliphatic heterocycles. The standard InChI is InChI=1S/C18H23Cl2N3O4S/c1-11(2)17(24)22-5-7-23(8-6-22)18(25)13-9-16(15(20)10-14(13)19)28(26,27)21-12-3-4-12/h9-12,21H,3-8H2,1-2H3. The Morgan fingerprint density at radius 3 is 2.14 bits per heavy atom. The molecule has 3 rings (SSSR count). The Morgan fingerprint density at radius 2 is 1.61 bits per heavy atom. The Bertz CT molecular complexity index is 892. The molecule has 28 heavy (non-hydrogen) atoms. The number of carbonyl (C=O) groups is 2. The van der Waals surface area contributed by atoms with Gasteiger partial charge in [-0.25, -0.2) is 13.1 Å². The van der Waals surface area contributed by atoms with Crippen LogP contribution in [0.3, 0.4) is 0 Å². The summed E-state index contributed by atoms with van der Waals surface area (Å²) >= 11 is 12.3. The van der Waals surface area contributed by atoms with Gasteiger partial charge in [-0.2, -0.15) is 0 Å². The molecule has 1 saturated carbocycles. The van der Waals surface area contributed by atoms with Crippen molar-refractivity contribution in [2.45, 2.75) is 37.6 Å². The Labute approximate surface area is 175 Å². The number of rotatable bonds is 5. The second-order valence-corrected chi connectivity index (χ2v) is 9.93. The minimum absolute atomic E-state index is 0.0259. The molecule has 154 valence electrons. The number of nitrogens with zero attached hydrogens (tertiary/aromatic N) is 2. The molecule has 1 saturated heterocycles. The summed E-state index contributed by atoms with van der Waals surface area (Å²) in [6.07, 6.45) is 1.57. The SMILES string of the molecule is CC(C)C(=O)N1CCN(C(=O)c2cc(S(=O)(=O)NC3CC3)c(Cl)cc2Cl)CC1. The smallest absolute Gasteiger partial charge is 0.255 e. The topological polar surface area (TPSA) is 86.8 Å². The van der Waals surface area contributed by atoms with Gasteiger partial charge < -0.3 is 9.80 Å². The van der Waals surface area contributed by atoms with E-state index in [9.17, 15) is 18.0 Å². The van der Waals surface area contributed by atoms with Gasteiger partial charge in [-0.15, -0.1) is 0 Å². The molecule has 0 aromatic heterocycles. The van der Waals surface area contributed by atoms with Crippen molar-refractivity contribution in [2.24, 2.45) is 5.92 Å². The molecule has 1 aliphatic carbocycles. The number of amides is 2. The highest BCUT2D eigenvalue weighted by atomic mass is 35.5. The lowest BCUT2D eigenvalue weighted by atomic mass is 10.1. The van der Waals surface area contributed by atoms with Crippen LogP contribution in [0.5, 0.6) is 0 Å². The van der Waals surface area contributed by atoms with E-state index in [1.54, 1.807) is 9.80 Å². The summed E-state index contributed by atoms with van der Waals surface area (Å²) in [6, 6.07) is 2.45. The van der Waals surface area contributed by atoms with Crippen LogP contribution in [-0.2, 0) is 14.8 Å². The third-order valence-electron chi connectivity index (χ3n) is 4.81. The number of hydrogen-bond acceptors (Lipinski definition) is 4. The monoisotopic (exact) mass is 447 g/mol. The highest BCUT2D eigenvalue weighted by Crippen LogP contribution is 2.31. The molecular weight excluding hydrogens is 425 g/mol. The molecule has 0 atom stereocenters. The summed E-state index contributed by atoms with van der Waals surface area (Å²) in [5.41, 5.74) is 0.0888. The first kappa shape index (κ1) is 21.4. The van der Waals surface area contributed by atoms with E-state index in [0.29, 0.717) is 26.2 Å². The number of benzene rings is 1. The van der Waals surface area contributed by atoms with E-state index in [1.165, 1.54) is 12.1 Å². The van der Waals surface area contributed by atoms with Crippen molar-refractivity contribution in [2.75, 3.05) is 26.2 Å². The molecule has 7 nitrogen and oxygen atoms in total. The highest BCUT2D eigenvalue weighted by molar-refractivity contribution is 7.89. The molecule has 0 spiro atoms. The van der Waals surface area contributed by atoms with Gasteiger partial charge in [-0.3, -0.25) is 9.59 Å². The van der Waals surface area contributed by atoms with Crippen LogP contribution >= 0.6 is 23.2 Å². The zero-order valence-electron chi connectivity index (χ0n) is 15.7. The van der Waals surface area contributed by atoms with Gasteiger partial charge in [0.2, 0.25) is 15.9 Å². The van der Waals surface area contributed by atoms with Crippen LogP contribution < -0.4 is 4.72 Å². The molecule has 1 aromatic carbocycles. The molecule has 0 unspecified atom stereocenters. The number of sulfonamides is 1. The minimum atomic E-state index is -3.82. The zero-order chi connectivity index (χ0) is 20.6. The van der Waals surface area contributed by atoms with E-state index in [2.05, 4.69) is 4.72 Å². The van der Waals surface area contributed by atoms with Crippen molar-refractivity contribution >= 4 is 45.0 Å². The van der Waals surface area contributed by atoms with E-state index in [-0.39, 0.29) is 44.3 Å². The van der Waals surface area contributed by atoms with Crippen molar-refractivity contribution in [1.82, 2.24) is 14.5 Å². The maximum Gasteiger partial charge on any atom is 0.255 e. The minimum Gasteiger partial charge on any atom is -0.339 e. The van der Waals surface area contributed by atoms with Crippen molar-refractivity contribution in [3.63, 3.8) is 0 Å². The average molecular weight is 448 g/mol. The lowest BCUT2D eigenvalue weighted by Gasteiger charge is -2.35. The summed E-state index contributed by atoms with van der Waals surface area (Å²) < 4.78 is 27.6. The van der Waals surface area contributed by atoms with Crippen LogP contribution in [0.15, 0.2) is 17.0 Å². The number of hydrogen-bond donors (Lipinski definition) is 1. The van der Waals surface area contributed by atoms with Gasteiger partial charge in [0.05, 0.1) is 15.6 Å². The normalized spacial score (nSPS) is 17.9. The van der Waals surface area contributed by atoms with Crippen molar-refractivity contribution in [3.05, 3.63) is 27.7 Å². The summed E-state index contributed by atoms with van der Waals surface area (Å²) in [4.78, 5) is 28.2. The fraction of sp³-hybridized carbons (Fsp3) is 0.556. The van der Waals surface area contributed by atoms with Crippen LogP contribution in [0, 0.1) is 5.92 Å². The number of carbonyl (C=O) groups excluding carboxylic acids is 2. The van der Waals surface area contributed by atoms with Gasteiger partial charge in [0.15, 0.2) is 0 Å². The Hall–Kier alpha value is -1.35. The zero-order valence-corrected chi connectivity index (χ0v) is 18.1. The largest absolute Gasteiger partial charge is 0.339 e. The molecule has 2 fully saturated rings. The van der Waals surface area contributed by atoms with Gasteiger partial charge in [0.1, 0.15) is 4.90 Å². The van der Waals surface area contributed by atoms with Gasteiger partial charge >= 0.3 is 0 Å². The Balaban J connectivity index is 1.79. The Kier molecular flexibility index (Phi) is 6.24. The summed E-state index contributed by atoms with van der Waals surface area (Å²) in [5.74, 6) is -0.419. The molecule has 1 aromatic rings. The maximum absolute atomic E-state index is 12.9. The second kappa shape index (κ2) is 8.18. The maximum atomic E-state index is 12.9. The quantitative estimate of drug-likeness (QED) is 0.750. The van der Waals surface area contributed by atoms with Gasteiger partial charge in [0, 0.05) is 38.1 Å². The van der Waals surface area contributed by atoms with E-state index >= 15 is 0 Å². The fourth-order valence-electron chi connectivity index (χ4n) is 3.05. The van der Waals surface area contributed by atoms with Crippen molar-refractivity contribution in [1.29, 1.82) is 0 Å². The van der Waals surface area contributed by atoms with E-state index in [0.717, 1.165) is 12.8 Å². The average Bonchev–Trinajstić information content (AvgIpc) is 3.43. The van der Waals surface area contributed by atoms with Crippen LogP contribution in [0.4, 0.5) is 0 Å². The second-order valence-electron chi connectivity index (χ2n) is 7.43. The van der Waals surface area contributed by atoms with Crippen LogP contribution in [0.1, 0.15) is 37.0 Å². The molecule has 2 amide bonds. The lowest BCUT2D eigenvalue weighted by molar-refractivity contribution is -0.135. The van der Waals surface area contributed by atoms with Crippen molar-refractivity contribution < 1.29 is 18.0 Å². The molecule has 0 radical (unpaired) electrons. The molecule has 1 N–H and O–H groups in total. The summed E-state index contributed by atoms with van der Waals surface area (Å²) in [7, 11) is -3.82. The lowest BCUT2D eigenvalue weighted by Crippen LogP contribution is -2.51.